The van der Waals surface area contributed by atoms with E-state index in [1.165, 1.54) is 0 Å². The van der Waals surface area contributed by atoms with Gasteiger partial charge in [-0.25, -0.2) is 0 Å². The number of ketones is 1. The van der Waals surface area contributed by atoms with Gasteiger partial charge in [0, 0.05) is 0 Å². The lowest BCUT2D eigenvalue weighted by Gasteiger charge is -2.03. The molecule has 0 aromatic rings. The zero-order valence-corrected chi connectivity index (χ0v) is 6.97. The van der Waals surface area contributed by atoms with E-state index in [1.807, 2.05) is 6.08 Å². The molecule has 0 fully saturated rings. The molecule has 1 heteroatoms. The minimum absolute atomic E-state index is 0.236. The summed E-state index contributed by atoms with van der Waals surface area (Å²) in [5.41, 5.74) is 1.01. The molecule has 0 bridgehead atoms. The molecule has 0 heterocycles. The van der Waals surface area contributed by atoms with E-state index in [2.05, 4.69) is 12.2 Å². The Bertz CT molecular complexity index is 199. The second kappa shape index (κ2) is 4.12. The summed E-state index contributed by atoms with van der Waals surface area (Å²) in [5.74, 6) is 0.236. The molecule has 0 unspecified atom stereocenters. The average Bonchev–Trinajstić information content (AvgIpc) is 1.84. The Balaban J connectivity index is 2.61. The lowest BCUT2D eigenvalue weighted by atomic mass is 10.0. The van der Waals surface area contributed by atoms with E-state index in [-0.39, 0.29) is 5.78 Å². The first-order valence-electron chi connectivity index (χ1n) is 4.15. The average molecular weight is 150 g/mol. The molecule has 0 atom stereocenters. The van der Waals surface area contributed by atoms with Gasteiger partial charge in [0.2, 0.25) is 0 Å². The van der Waals surface area contributed by atoms with E-state index in [4.69, 9.17) is 0 Å². The van der Waals surface area contributed by atoms with Crippen molar-refractivity contribution in [1.82, 2.24) is 0 Å². The lowest BCUT2D eigenvalue weighted by Crippen LogP contribution is -1.97. The van der Waals surface area contributed by atoms with Crippen LogP contribution in [0.4, 0.5) is 0 Å². The van der Waals surface area contributed by atoms with Gasteiger partial charge in [0.05, 0.1) is 0 Å². The molecule has 1 aliphatic carbocycles. The molecule has 0 spiro atoms. The maximum absolute atomic E-state index is 11.0. The second-order valence-corrected chi connectivity index (χ2v) is 2.88. The summed E-state index contributed by atoms with van der Waals surface area (Å²) in [6.07, 6.45) is 10.5. The topological polar surface area (TPSA) is 17.1 Å². The van der Waals surface area contributed by atoms with Crippen molar-refractivity contribution in [3.8, 4) is 0 Å². The molecule has 60 valence electrons. The maximum atomic E-state index is 11.0. The lowest BCUT2D eigenvalue weighted by molar-refractivity contribution is -0.113. The van der Waals surface area contributed by atoms with E-state index in [9.17, 15) is 4.79 Å². The van der Waals surface area contributed by atoms with Crippen LogP contribution in [0, 0.1) is 0 Å². The van der Waals surface area contributed by atoms with E-state index in [0.717, 1.165) is 31.3 Å². The van der Waals surface area contributed by atoms with Gasteiger partial charge >= 0.3 is 0 Å². The minimum Gasteiger partial charge on any atom is -0.295 e. The molecular weight excluding hydrogens is 136 g/mol. The number of carbonyl (C=O) groups is 1. The second-order valence-electron chi connectivity index (χ2n) is 2.88. The summed E-state index contributed by atoms with van der Waals surface area (Å²) in [6.45, 7) is 1.65. The number of hydrogen-bond acceptors (Lipinski definition) is 1. The summed E-state index contributed by atoms with van der Waals surface area (Å²) in [4.78, 5) is 11.0. The SMILES string of the molecule is CC(=O)/C1=C/C/C=C\CCC1. The molecule has 0 aromatic heterocycles. The first kappa shape index (κ1) is 8.25. The van der Waals surface area contributed by atoms with Crippen LogP contribution in [-0.4, -0.2) is 5.78 Å². The molecule has 0 radical (unpaired) electrons. The monoisotopic (exact) mass is 150 g/mol. The standard InChI is InChI=1S/C10H14O/c1-9(11)10-7-5-3-2-4-6-8-10/h2-3,7H,4-6,8H2,1H3/b3-2-,10-7+. The third-order valence-electron chi connectivity index (χ3n) is 1.94. The van der Waals surface area contributed by atoms with Crippen molar-refractivity contribution in [2.24, 2.45) is 0 Å². The Morgan fingerprint density at radius 1 is 1.45 bits per heavy atom. The van der Waals surface area contributed by atoms with E-state index in [0.29, 0.717) is 0 Å². The van der Waals surface area contributed by atoms with E-state index >= 15 is 0 Å². The van der Waals surface area contributed by atoms with Crippen molar-refractivity contribution < 1.29 is 4.79 Å². The number of allylic oxidation sites excluding steroid dienone is 4. The van der Waals surface area contributed by atoms with Crippen LogP contribution in [0.25, 0.3) is 0 Å². The zero-order valence-electron chi connectivity index (χ0n) is 6.97. The van der Waals surface area contributed by atoms with Gasteiger partial charge in [-0.1, -0.05) is 18.2 Å². The van der Waals surface area contributed by atoms with Gasteiger partial charge < -0.3 is 0 Å². The largest absolute Gasteiger partial charge is 0.295 e. The summed E-state index contributed by atoms with van der Waals surface area (Å²) < 4.78 is 0. The quantitative estimate of drug-likeness (QED) is 0.525. The Morgan fingerprint density at radius 3 is 3.00 bits per heavy atom. The molecule has 0 N–H and O–H groups in total. The van der Waals surface area contributed by atoms with Crippen LogP contribution in [0.15, 0.2) is 23.8 Å². The smallest absolute Gasteiger partial charge is 0.155 e. The fourth-order valence-electron chi connectivity index (χ4n) is 1.26. The number of carbonyl (C=O) groups excluding carboxylic acids is 1. The van der Waals surface area contributed by atoms with Gasteiger partial charge in [0.1, 0.15) is 0 Å². The normalized spacial score (nSPS) is 26.1. The van der Waals surface area contributed by atoms with Gasteiger partial charge in [-0.05, 0) is 38.2 Å². The summed E-state index contributed by atoms with van der Waals surface area (Å²) in [5, 5.41) is 0. The van der Waals surface area contributed by atoms with E-state index < -0.39 is 0 Å². The highest BCUT2D eigenvalue weighted by Crippen LogP contribution is 2.13. The van der Waals surface area contributed by atoms with Crippen LogP contribution in [0.2, 0.25) is 0 Å². The first-order chi connectivity index (χ1) is 5.30. The highest BCUT2D eigenvalue weighted by Gasteiger charge is 2.02. The van der Waals surface area contributed by atoms with Crippen LogP contribution < -0.4 is 0 Å². The van der Waals surface area contributed by atoms with Crippen LogP contribution in [0.3, 0.4) is 0 Å². The molecule has 0 saturated carbocycles. The summed E-state index contributed by atoms with van der Waals surface area (Å²) in [6, 6.07) is 0. The van der Waals surface area contributed by atoms with Gasteiger partial charge in [-0.15, -0.1) is 0 Å². The van der Waals surface area contributed by atoms with Gasteiger partial charge in [0.25, 0.3) is 0 Å². The molecule has 0 aromatic carbocycles. The van der Waals surface area contributed by atoms with Crippen LogP contribution in [0.1, 0.15) is 32.6 Å². The Hall–Kier alpha value is -0.850. The van der Waals surface area contributed by atoms with Crippen LogP contribution in [0.5, 0.6) is 0 Å². The number of rotatable bonds is 1. The third kappa shape index (κ3) is 2.71. The van der Waals surface area contributed by atoms with Crippen molar-refractivity contribution >= 4 is 5.78 Å². The molecule has 0 saturated heterocycles. The fourth-order valence-corrected chi connectivity index (χ4v) is 1.26. The van der Waals surface area contributed by atoms with Crippen LogP contribution in [-0.2, 0) is 4.79 Å². The Labute approximate surface area is 67.8 Å². The van der Waals surface area contributed by atoms with Gasteiger partial charge in [0.15, 0.2) is 5.78 Å². The Kier molecular flexibility index (Phi) is 3.09. The predicted octanol–water partition coefficient (Wildman–Crippen LogP) is 2.63. The fraction of sp³-hybridized carbons (Fsp3) is 0.500. The van der Waals surface area contributed by atoms with Crippen molar-refractivity contribution in [3.05, 3.63) is 23.8 Å². The zero-order chi connectivity index (χ0) is 8.10. The predicted molar refractivity (Wildman–Crippen MR) is 46.4 cm³/mol. The Morgan fingerprint density at radius 2 is 2.27 bits per heavy atom. The van der Waals surface area contributed by atoms with Crippen molar-refractivity contribution in [1.29, 1.82) is 0 Å². The van der Waals surface area contributed by atoms with Crippen molar-refractivity contribution in [2.45, 2.75) is 32.6 Å². The van der Waals surface area contributed by atoms with E-state index in [1.54, 1.807) is 6.92 Å². The number of hydrogen-bond donors (Lipinski definition) is 0. The third-order valence-corrected chi connectivity index (χ3v) is 1.94. The molecule has 1 nitrogen and oxygen atoms in total. The van der Waals surface area contributed by atoms with Gasteiger partial charge in [-0.3, -0.25) is 4.79 Å². The van der Waals surface area contributed by atoms with Crippen LogP contribution >= 0.6 is 0 Å². The molecule has 1 aliphatic rings. The first-order valence-corrected chi connectivity index (χ1v) is 4.15. The summed E-state index contributed by atoms with van der Waals surface area (Å²) >= 11 is 0. The summed E-state index contributed by atoms with van der Waals surface area (Å²) in [7, 11) is 0. The number of Topliss-reactive ketones (excluding diaryl/α,β-unsaturated/α-hetero) is 1. The molecule has 0 amide bonds. The maximum Gasteiger partial charge on any atom is 0.155 e. The molecular formula is C10H14O. The van der Waals surface area contributed by atoms with Gasteiger partial charge in [-0.2, -0.15) is 0 Å². The molecule has 0 aliphatic heterocycles. The molecule has 1 rings (SSSR count). The van der Waals surface area contributed by atoms with Crippen molar-refractivity contribution in [2.75, 3.05) is 0 Å². The highest BCUT2D eigenvalue weighted by molar-refractivity contribution is 5.93. The van der Waals surface area contributed by atoms with Crippen molar-refractivity contribution in [3.63, 3.8) is 0 Å². The highest BCUT2D eigenvalue weighted by atomic mass is 16.1. The minimum atomic E-state index is 0.236. The molecule has 11 heavy (non-hydrogen) atoms.